The molecule has 0 spiro atoms. The van der Waals surface area contributed by atoms with Crippen molar-refractivity contribution in [1.29, 1.82) is 0 Å². The van der Waals surface area contributed by atoms with E-state index in [1.54, 1.807) is 43.3 Å². The van der Waals surface area contributed by atoms with Crippen molar-refractivity contribution in [2.75, 3.05) is 5.32 Å². The maximum absolute atomic E-state index is 12.5. The van der Waals surface area contributed by atoms with Gasteiger partial charge < -0.3 is 23.0 Å². The molecule has 0 unspecified atom stereocenters. The van der Waals surface area contributed by atoms with Crippen molar-refractivity contribution in [2.45, 2.75) is 6.92 Å². The van der Waals surface area contributed by atoms with Crippen LogP contribution in [0.2, 0.25) is 0 Å². The zero-order chi connectivity index (χ0) is 25.9. The highest BCUT2D eigenvalue weighted by atomic mass is 16.7. The second-order valence-electron chi connectivity index (χ2n) is 7.85. The van der Waals surface area contributed by atoms with Crippen molar-refractivity contribution in [2.24, 2.45) is 0 Å². The lowest BCUT2D eigenvalue weighted by Gasteiger charge is -2.11. The van der Waals surface area contributed by atoms with Crippen LogP contribution in [0.15, 0.2) is 97.3 Å². The van der Waals surface area contributed by atoms with Gasteiger partial charge in [0.25, 0.3) is 0 Å². The van der Waals surface area contributed by atoms with E-state index in [1.165, 1.54) is 42.5 Å². The fourth-order valence-electron chi connectivity index (χ4n) is 3.46. The van der Waals surface area contributed by atoms with Crippen LogP contribution in [0.25, 0.3) is 21.9 Å². The lowest BCUT2D eigenvalue weighted by atomic mass is 10.2. The Morgan fingerprint density at radius 2 is 1.14 bits per heavy atom. The van der Waals surface area contributed by atoms with E-state index in [0.717, 1.165) is 0 Å². The number of hydrogen-bond donors (Lipinski definition) is 1. The Morgan fingerprint density at radius 3 is 1.73 bits per heavy atom. The Kier molecular flexibility index (Phi) is 6.13. The molecule has 5 rings (SSSR count). The van der Waals surface area contributed by atoms with Crippen LogP contribution >= 0.6 is 0 Å². The molecule has 0 bridgehead atoms. The summed E-state index contributed by atoms with van der Waals surface area (Å²) in [6.45, 7) is 1.74. The van der Waals surface area contributed by atoms with Gasteiger partial charge in [0.2, 0.25) is 0 Å². The van der Waals surface area contributed by atoms with Gasteiger partial charge in [-0.2, -0.15) is 0 Å². The highest BCUT2D eigenvalue weighted by Gasteiger charge is 2.13. The van der Waals surface area contributed by atoms with E-state index < -0.39 is 23.5 Å². The number of anilines is 1. The van der Waals surface area contributed by atoms with Crippen LogP contribution in [0.1, 0.15) is 5.56 Å². The van der Waals surface area contributed by atoms with Gasteiger partial charge in [0, 0.05) is 41.1 Å². The molecule has 0 radical (unpaired) electrons. The third-order valence-corrected chi connectivity index (χ3v) is 5.25. The monoisotopic (exact) mass is 499 g/mol. The molecule has 10 heteroatoms. The van der Waals surface area contributed by atoms with Gasteiger partial charge in [-0.25, -0.2) is 19.2 Å². The van der Waals surface area contributed by atoms with Crippen molar-refractivity contribution >= 4 is 39.9 Å². The van der Waals surface area contributed by atoms with E-state index in [4.69, 9.17) is 23.0 Å². The summed E-state index contributed by atoms with van der Waals surface area (Å²) in [5.41, 5.74) is 0.481. The number of carbonyl (C=O) groups is 2. The number of carbonyl (C=O) groups excluding carboxylic acids is 2. The molecule has 0 aliphatic carbocycles. The van der Waals surface area contributed by atoms with Crippen LogP contribution < -0.4 is 30.8 Å². The van der Waals surface area contributed by atoms with Crippen LogP contribution in [0.3, 0.4) is 0 Å². The molecule has 1 amide bonds. The number of aryl methyl sites for hydroxylation is 1. The van der Waals surface area contributed by atoms with Gasteiger partial charge in [0.1, 0.15) is 28.4 Å². The smallest absolute Gasteiger partial charge is 0.423 e. The van der Waals surface area contributed by atoms with Gasteiger partial charge in [0.05, 0.1) is 5.69 Å². The molecule has 0 atom stereocenters. The Balaban J connectivity index is 1.25. The molecule has 184 valence electrons. The normalized spacial score (nSPS) is 10.7. The number of hydrogen-bond acceptors (Lipinski definition) is 9. The van der Waals surface area contributed by atoms with Crippen molar-refractivity contribution in [3.05, 3.63) is 105 Å². The molecular weight excluding hydrogens is 482 g/mol. The van der Waals surface area contributed by atoms with E-state index in [0.29, 0.717) is 22.0 Å². The molecule has 3 aromatic carbocycles. The highest BCUT2D eigenvalue weighted by molar-refractivity contribution is 5.88. The number of amides is 1. The molecule has 37 heavy (non-hydrogen) atoms. The number of fused-ring (bicyclic) bond motifs is 2. The molecule has 0 aliphatic heterocycles. The van der Waals surface area contributed by atoms with E-state index >= 15 is 0 Å². The first-order chi connectivity index (χ1) is 17.8. The van der Waals surface area contributed by atoms with Gasteiger partial charge >= 0.3 is 23.5 Å². The molecule has 0 aliphatic rings. The van der Waals surface area contributed by atoms with Crippen molar-refractivity contribution in [3.63, 3.8) is 0 Å². The standard InChI is InChI=1S/C27H17NO9/c1-15-2-7-18(34-27(32)35-20-9-4-17-6-11-25(30)37-23(17)14-20)12-21(15)28-26(31)33-19-8-3-16-5-10-24(29)36-22(16)13-19/h2-14H,1H3,(H,28,31). The average molecular weight is 499 g/mol. The summed E-state index contributed by atoms with van der Waals surface area (Å²) in [5, 5.41) is 3.92. The molecule has 5 aromatic rings. The first-order valence-corrected chi connectivity index (χ1v) is 10.9. The number of ether oxygens (including phenoxy) is 3. The maximum Gasteiger partial charge on any atom is 0.519 e. The summed E-state index contributed by atoms with van der Waals surface area (Å²) in [6, 6.07) is 19.5. The average Bonchev–Trinajstić information content (AvgIpc) is 2.85. The molecule has 10 nitrogen and oxygen atoms in total. The zero-order valence-electron chi connectivity index (χ0n) is 19.2. The molecule has 0 saturated heterocycles. The van der Waals surface area contributed by atoms with Crippen LogP contribution in [0, 0.1) is 6.92 Å². The minimum atomic E-state index is -1.03. The van der Waals surface area contributed by atoms with E-state index in [9.17, 15) is 19.2 Å². The molecule has 1 N–H and O–H groups in total. The lowest BCUT2D eigenvalue weighted by molar-refractivity contribution is 0.152. The minimum Gasteiger partial charge on any atom is -0.423 e. The number of nitrogens with one attached hydrogen (secondary N) is 1. The quantitative estimate of drug-likeness (QED) is 0.196. The number of benzene rings is 3. The molecule has 2 aromatic heterocycles. The second-order valence-corrected chi connectivity index (χ2v) is 7.85. The van der Waals surface area contributed by atoms with Crippen molar-refractivity contribution in [3.8, 4) is 17.2 Å². The first-order valence-electron chi connectivity index (χ1n) is 10.9. The Bertz CT molecular complexity index is 1790. The summed E-state index contributed by atoms with van der Waals surface area (Å²) < 4.78 is 25.9. The summed E-state index contributed by atoms with van der Waals surface area (Å²) >= 11 is 0. The number of rotatable bonds is 4. The topological polar surface area (TPSA) is 134 Å². The van der Waals surface area contributed by atoms with Crippen LogP contribution in [-0.2, 0) is 0 Å². The SMILES string of the molecule is Cc1ccc(OC(=O)Oc2ccc3ccc(=O)oc3c2)cc1NC(=O)Oc1ccc2ccc(=O)oc2c1. The fourth-order valence-corrected chi connectivity index (χ4v) is 3.46. The molecule has 0 saturated carbocycles. The predicted octanol–water partition coefficient (Wildman–Crippen LogP) is 5.40. The van der Waals surface area contributed by atoms with Crippen LogP contribution in [0.4, 0.5) is 15.3 Å². The third kappa shape index (κ3) is 5.49. The van der Waals surface area contributed by atoms with Gasteiger partial charge in [-0.05, 0) is 55.0 Å². The Labute approximate surface area is 207 Å². The summed E-state index contributed by atoms with van der Waals surface area (Å²) in [5.74, 6) is 0.386. The van der Waals surface area contributed by atoms with Gasteiger partial charge in [0.15, 0.2) is 0 Å². The molecule has 2 heterocycles. The zero-order valence-corrected chi connectivity index (χ0v) is 19.2. The van der Waals surface area contributed by atoms with Gasteiger partial charge in [-0.3, -0.25) is 5.32 Å². The summed E-state index contributed by atoms with van der Waals surface area (Å²) in [7, 11) is 0. The largest absolute Gasteiger partial charge is 0.519 e. The molecular formula is C27H17NO9. The van der Waals surface area contributed by atoms with Crippen molar-refractivity contribution in [1.82, 2.24) is 0 Å². The van der Waals surface area contributed by atoms with E-state index in [1.807, 2.05) is 0 Å². The van der Waals surface area contributed by atoms with Gasteiger partial charge in [-0.1, -0.05) is 6.07 Å². The minimum absolute atomic E-state index is 0.103. The van der Waals surface area contributed by atoms with Gasteiger partial charge in [-0.15, -0.1) is 0 Å². The summed E-state index contributed by atoms with van der Waals surface area (Å²) in [4.78, 5) is 47.6. The first kappa shape index (κ1) is 23.4. The van der Waals surface area contributed by atoms with Crippen LogP contribution in [-0.4, -0.2) is 12.2 Å². The fraction of sp³-hybridized carbons (Fsp3) is 0.0370. The van der Waals surface area contributed by atoms with Crippen LogP contribution in [0.5, 0.6) is 17.2 Å². The third-order valence-electron chi connectivity index (χ3n) is 5.25. The lowest BCUT2D eigenvalue weighted by Crippen LogP contribution is -2.18. The Morgan fingerprint density at radius 1 is 0.649 bits per heavy atom. The van der Waals surface area contributed by atoms with Crippen molar-refractivity contribution < 1.29 is 32.6 Å². The van der Waals surface area contributed by atoms with E-state index in [-0.39, 0.29) is 28.4 Å². The second kappa shape index (κ2) is 9.70. The maximum atomic E-state index is 12.5. The highest BCUT2D eigenvalue weighted by Crippen LogP contribution is 2.25. The summed E-state index contributed by atoms with van der Waals surface area (Å²) in [6.07, 6.45) is -1.84. The van der Waals surface area contributed by atoms with E-state index in [2.05, 4.69) is 5.32 Å². The predicted molar refractivity (Wildman–Crippen MR) is 132 cm³/mol. The molecule has 0 fully saturated rings. The Hall–Kier alpha value is -5.38.